The molecule has 0 saturated carbocycles. The quantitative estimate of drug-likeness (QED) is 0.676. The molecule has 3 rings (SSSR count). The lowest BCUT2D eigenvalue weighted by atomic mass is 10.1. The molecule has 2 aromatic carbocycles. The number of rotatable bonds is 6. The Hall–Kier alpha value is -2.64. The van der Waals surface area contributed by atoms with Crippen molar-refractivity contribution < 1.29 is 13.5 Å². The van der Waals surface area contributed by atoms with Gasteiger partial charge in [0.05, 0.1) is 16.3 Å². The van der Waals surface area contributed by atoms with Crippen LogP contribution in [0.2, 0.25) is 0 Å². The normalized spacial score (nSPS) is 11.9. The molecule has 0 fully saturated rings. The molecule has 0 bridgehead atoms. The number of nitrogens with one attached hydrogen (secondary N) is 1. The molecular formula is C20H23N3O3S. The highest BCUT2D eigenvalue weighted by Crippen LogP contribution is 2.31. The van der Waals surface area contributed by atoms with Crippen LogP contribution in [0.5, 0.6) is 5.75 Å². The van der Waals surface area contributed by atoms with Gasteiger partial charge in [0.2, 0.25) is 10.0 Å². The molecule has 0 atom stereocenters. The number of phenolic OH excluding ortho intramolecular Hbond substituents is 1. The van der Waals surface area contributed by atoms with E-state index in [1.807, 2.05) is 39.0 Å². The third kappa shape index (κ3) is 3.74. The fraction of sp³-hybridized carbons (Fsp3) is 0.250. The van der Waals surface area contributed by atoms with Gasteiger partial charge in [-0.15, -0.1) is 0 Å². The number of aromatic amines is 1. The zero-order chi connectivity index (χ0) is 19.6. The van der Waals surface area contributed by atoms with E-state index in [1.54, 1.807) is 30.3 Å². The van der Waals surface area contributed by atoms with E-state index >= 15 is 0 Å². The van der Waals surface area contributed by atoms with Gasteiger partial charge in [-0.05, 0) is 37.3 Å². The van der Waals surface area contributed by atoms with Gasteiger partial charge in [0.15, 0.2) is 0 Å². The molecule has 0 unspecified atom stereocenters. The van der Waals surface area contributed by atoms with Crippen LogP contribution in [0.25, 0.3) is 22.5 Å². The fourth-order valence-corrected chi connectivity index (χ4v) is 4.44. The topological polar surface area (TPSA) is 86.3 Å². The Bertz CT molecular complexity index is 1040. The average molecular weight is 385 g/mol. The van der Waals surface area contributed by atoms with Crippen molar-refractivity contribution in [2.45, 2.75) is 25.7 Å². The molecule has 7 heteroatoms. The first kappa shape index (κ1) is 19.1. The fourth-order valence-electron chi connectivity index (χ4n) is 2.98. The molecule has 27 heavy (non-hydrogen) atoms. The number of aromatic nitrogens is 2. The first-order valence-electron chi connectivity index (χ1n) is 8.82. The Morgan fingerprint density at radius 3 is 2.33 bits per heavy atom. The summed E-state index contributed by atoms with van der Waals surface area (Å²) < 4.78 is 26.6. The molecule has 2 N–H and O–H groups in total. The molecule has 0 saturated heterocycles. The van der Waals surface area contributed by atoms with E-state index in [9.17, 15) is 13.5 Å². The Morgan fingerprint density at radius 1 is 1.04 bits per heavy atom. The predicted molar refractivity (Wildman–Crippen MR) is 106 cm³/mol. The van der Waals surface area contributed by atoms with Crippen molar-refractivity contribution >= 4 is 10.0 Å². The zero-order valence-corrected chi connectivity index (χ0v) is 16.4. The molecule has 0 aliphatic carbocycles. The predicted octanol–water partition coefficient (Wildman–Crippen LogP) is 3.79. The molecule has 0 aliphatic heterocycles. The summed E-state index contributed by atoms with van der Waals surface area (Å²) >= 11 is 0. The Balaban J connectivity index is 1.91. The monoisotopic (exact) mass is 385 g/mol. The van der Waals surface area contributed by atoms with Gasteiger partial charge >= 0.3 is 0 Å². The highest BCUT2D eigenvalue weighted by Gasteiger charge is 2.21. The average Bonchev–Trinajstić information content (AvgIpc) is 3.14. The van der Waals surface area contributed by atoms with Crippen LogP contribution in [-0.4, -0.2) is 41.1 Å². The Labute approximate surface area is 159 Å². The summed E-state index contributed by atoms with van der Waals surface area (Å²) in [5.74, 6) is 0.177. The number of phenols is 1. The third-order valence-electron chi connectivity index (χ3n) is 4.51. The van der Waals surface area contributed by atoms with Crippen molar-refractivity contribution in [3.05, 3.63) is 54.1 Å². The van der Waals surface area contributed by atoms with E-state index in [0.29, 0.717) is 30.0 Å². The van der Waals surface area contributed by atoms with Crippen LogP contribution in [0.15, 0.2) is 53.4 Å². The molecule has 3 aromatic rings. The SMILES string of the molecule is CCN(CC)S(=O)(=O)c1ccc(-c2cc(-c3cc(C)ccc3O)[nH]n2)cc1. The van der Waals surface area contributed by atoms with Crippen molar-refractivity contribution in [2.24, 2.45) is 0 Å². The number of aryl methyl sites for hydroxylation is 1. The minimum Gasteiger partial charge on any atom is -0.507 e. The number of benzene rings is 2. The maximum Gasteiger partial charge on any atom is 0.243 e. The van der Waals surface area contributed by atoms with Gasteiger partial charge in [0.25, 0.3) is 0 Å². The minimum atomic E-state index is -3.48. The van der Waals surface area contributed by atoms with Crippen molar-refractivity contribution in [1.82, 2.24) is 14.5 Å². The van der Waals surface area contributed by atoms with Gasteiger partial charge in [0, 0.05) is 24.2 Å². The van der Waals surface area contributed by atoms with Crippen LogP contribution < -0.4 is 0 Å². The largest absolute Gasteiger partial charge is 0.507 e. The summed E-state index contributed by atoms with van der Waals surface area (Å²) in [4.78, 5) is 0.266. The van der Waals surface area contributed by atoms with Gasteiger partial charge in [-0.2, -0.15) is 9.40 Å². The number of H-pyrrole nitrogens is 1. The minimum absolute atomic E-state index is 0.177. The van der Waals surface area contributed by atoms with Gasteiger partial charge in [-0.3, -0.25) is 5.10 Å². The highest BCUT2D eigenvalue weighted by molar-refractivity contribution is 7.89. The number of aromatic hydroxyl groups is 1. The number of sulfonamides is 1. The van der Waals surface area contributed by atoms with Crippen molar-refractivity contribution in [2.75, 3.05) is 13.1 Å². The lowest BCUT2D eigenvalue weighted by Crippen LogP contribution is -2.30. The number of hydrogen-bond donors (Lipinski definition) is 2. The second-order valence-electron chi connectivity index (χ2n) is 6.30. The van der Waals surface area contributed by atoms with Gasteiger partial charge in [-0.25, -0.2) is 8.42 Å². The van der Waals surface area contributed by atoms with Crippen LogP contribution in [0.1, 0.15) is 19.4 Å². The molecule has 0 radical (unpaired) electrons. The molecular weight excluding hydrogens is 362 g/mol. The first-order chi connectivity index (χ1) is 12.9. The van der Waals surface area contributed by atoms with Crippen molar-refractivity contribution in [3.8, 4) is 28.3 Å². The van der Waals surface area contributed by atoms with E-state index in [0.717, 1.165) is 11.1 Å². The van der Waals surface area contributed by atoms with Crippen molar-refractivity contribution in [3.63, 3.8) is 0 Å². The molecule has 142 valence electrons. The number of nitrogens with zero attached hydrogens (tertiary/aromatic N) is 2. The smallest absolute Gasteiger partial charge is 0.243 e. The van der Waals surface area contributed by atoms with E-state index in [-0.39, 0.29) is 10.6 Å². The Morgan fingerprint density at radius 2 is 1.70 bits per heavy atom. The summed E-state index contributed by atoms with van der Waals surface area (Å²) in [5, 5.41) is 17.3. The molecule has 1 aromatic heterocycles. The second kappa shape index (κ2) is 7.54. The van der Waals surface area contributed by atoms with Crippen LogP contribution in [0.4, 0.5) is 0 Å². The second-order valence-corrected chi connectivity index (χ2v) is 8.24. The summed E-state index contributed by atoms with van der Waals surface area (Å²) in [7, 11) is -3.48. The summed E-state index contributed by atoms with van der Waals surface area (Å²) in [6, 6.07) is 13.9. The molecule has 0 spiro atoms. The lowest BCUT2D eigenvalue weighted by molar-refractivity contribution is 0.445. The number of hydrogen-bond acceptors (Lipinski definition) is 4. The summed E-state index contributed by atoms with van der Waals surface area (Å²) in [6.07, 6.45) is 0. The van der Waals surface area contributed by atoms with Crippen molar-refractivity contribution in [1.29, 1.82) is 0 Å². The van der Waals surface area contributed by atoms with E-state index in [1.165, 1.54) is 4.31 Å². The summed E-state index contributed by atoms with van der Waals surface area (Å²) in [6.45, 7) is 6.46. The van der Waals surface area contributed by atoms with Gasteiger partial charge < -0.3 is 5.11 Å². The third-order valence-corrected chi connectivity index (χ3v) is 6.58. The Kier molecular flexibility index (Phi) is 5.34. The standard InChI is InChI=1S/C20H23N3O3S/c1-4-23(5-2)27(25,26)16-9-7-15(8-10-16)18-13-19(22-21-18)17-12-14(3)6-11-20(17)24/h6-13,24H,4-5H2,1-3H3,(H,21,22). The molecule has 1 heterocycles. The maximum atomic E-state index is 12.6. The van der Waals surface area contributed by atoms with E-state index in [2.05, 4.69) is 10.2 Å². The van der Waals surface area contributed by atoms with Gasteiger partial charge in [-0.1, -0.05) is 37.6 Å². The van der Waals surface area contributed by atoms with Gasteiger partial charge in [0.1, 0.15) is 5.75 Å². The van der Waals surface area contributed by atoms with Crippen LogP contribution in [-0.2, 0) is 10.0 Å². The molecule has 0 aliphatic rings. The first-order valence-corrected chi connectivity index (χ1v) is 10.3. The van der Waals surface area contributed by atoms with E-state index < -0.39 is 10.0 Å². The zero-order valence-electron chi connectivity index (χ0n) is 15.6. The molecule has 6 nitrogen and oxygen atoms in total. The van der Waals surface area contributed by atoms with Crippen LogP contribution in [0.3, 0.4) is 0 Å². The lowest BCUT2D eigenvalue weighted by Gasteiger charge is -2.18. The van der Waals surface area contributed by atoms with E-state index in [4.69, 9.17) is 0 Å². The molecule has 0 amide bonds. The maximum absolute atomic E-state index is 12.6. The van der Waals surface area contributed by atoms with Crippen LogP contribution in [0, 0.1) is 6.92 Å². The summed E-state index contributed by atoms with van der Waals surface area (Å²) in [5.41, 5.74) is 3.88. The van der Waals surface area contributed by atoms with Crippen LogP contribution >= 0.6 is 0 Å². The highest BCUT2D eigenvalue weighted by atomic mass is 32.2.